The zero-order valence-electron chi connectivity index (χ0n) is 18.6. The molecule has 6 rings (SSSR count). The Labute approximate surface area is 187 Å². The highest BCUT2D eigenvalue weighted by molar-refractivity contribution is 6.70. The van der Waals surface area contributed by atoms with Crippen LogP contribution in [0.1, 0.15) is 25.1 Å². The minimum Gasteiger partial charge on any atom is -0.450 e. The van der Waals surface area contributed by atoms with Crippen LogP contribution in [0.5, 0.6) is 0 Å². The highest BCUT2D eigenvalue weighted by Crippen LogP contribution is 2.44. The van der Waals surface area contributed by atoms with E-state index in [0.29, 0.717) is 5.71 Å². The second-order valence-corrected chi connectivity index (χ2v) is 8.52. The average Bonchev–Trinajstić information content (AvgIpc) is 3.29. The molecule has 0 unspecified atom stereocenters. The lowest BCUT2D eigenvalue weighted by Crippen LogP contribution is -2.59. The number of pyridine rings is 2. The third-order valence-corrected chi connectivity index (χ3v) is 6.46. The van der Waals surface area contributed by atoms with E-state index in [2.05, 4.69) is 83.0 Å². The van der Waals surface area contributed by atoms with E-state index in [9.17, 15) is 0 Å². The molecule has 32 heavy (non-hydrogen) atoms. The van der Waals surface area contributed by atoms with Crippen molar-refractivity contribution >= 4 is 46.9 Å². The Morgan fingerprint density at radius 1 is 1.00 bits per heavy atom. The second-order valence-electron chi connectivity index (χ2n) is 8.52. The number of allylic oxidation sites excluding steroid dienone is 1. The summed E-state index contributed by atoms with van der Waals surface area (Å²) < 4.78 is 6.30. The number of para-hydroxylation sites is 1. The minimum atomic E-state index is -0.00228. The average molecular weight is 421 g/mol. The van der Waals surface area contributed by atoms with Crippen LogP contribution < -0.4 is 15.6 Å². The molecule has 6 nitrogen and oxygen atoms in total. The van der Waals surface area contributed by atoms with Crippen LogP contribution in [0.2, 0.25) is 6.82 Å². The summed E-state index contributed by atoms with van der Waals surface area (Å²) >= 11 is 0. The lowest BCUT2D eigenvalue weighted by Gasteiger charge is -2.43. The van der Waals surface area contributed by atoms with Crippen molar-refractivity contribution in [3.05, 3.63) is 77.7 Å². The number of fused-ring (bicyclic) bond motifs is 4. The Kier molecular flexibility index (Phi) is 4.09. The van der Waals surface area contributed by atoms with E-state index in [4.69, 9.17) is 9.40 Å². The number of rotatable bonds is 2. The van der Waals surface area contributed by atoms with Gasteiger partial charge in [-0.05, 0) is 63.2 Å². The summed E-state index contributed by atoms with van der Waals surface area (Å²) in [5, 5.41) is 3.35. The molecule has 0 saturated carbocycles. The van der Waals surface area contributed by atoms with Crippen molar-refractivity contribution in [1.29, 1.82) is 0 Å². The van der Waals surface area contributed by atoms with Crippen LogP contribution in [-0.4, -0.2) is 27.9 Å². The molecule has 0 spiro atoms. The van der Waals surface area contributed by atoms with E-state index in [1.165, 1.54) is 0 Å². The first-order valence-corrected chi connectivity index (χ1v) is 11.0. The van der Waals surface area contributed by atoms with Crippen molar-refractivity contribution in [2.75, 3.05) is 9.91 Å². The highest BCUT2D eigenvalue weighted by Gasteiger charge is 2.44. The molecule has 7 heteroatoms. The molecule has 0 fully saturated rings. The normalized spacial score (nSPS) is 17.6. The van der Waals surface area contributed by atoms with Crippen molar-refractivity contribution in [1.82, 2.24) is 14.9 Å². The van der Waals surface area contributed by atoms with Crippen LogP contribution in [0.3, 0.4) is 0 Å². The summed E-state index contributed by atoms with van der Waals surface area (Å²) in [6.07, 6.45) is 4.11. The predicted molar refractivity (Wildman–Crippen MR) is 130 cm³/mol. The molecule has 0 radical (unpaired) electrons. The molecule has 0 bridgehead atoms. The number of aryl methyl sites for hydroxylation is 1. The van der Waals surface area contributed by atoms with Crippen LogP contribution in [0.25, 0.3) is 17.2 Å². The van der Waals surface area contributed by atoms with Crippen molar-refractivity contribution in [2.45, 2.75) is 33.8 Å². The van der Waals surface area contributed by atoms with Crippen LogP contribution in [0.15, 0.2) is 70.9 Å². The van der Waals surface area contributed by atoms with E-state index >= 15 is 0 Å². The Balaban J connectivity index is 1.48. The molecule has 0 amide bonds. The summed E-state index contributed by atoms with van der Waals surface area (Å²) in [7, 11) is 0. The number of hydrogen-bond acceptors (Lipinski definition) is 6. The number of furan rings is 1. The van der Waals surface area contributed by atoms with Crippen LogP contribution in [0.4, 0.5) is 17.2 Å². The number of hydrazine groups is 1. The molecule has 5 heterocycles. The lowest BCUT2D eigenvalue weighted by molar-refractivity contribution is 0.436. The van der Waals surface area contributed by atoms with Gasteiger partial charge in [0.05, 0.1) is 5.69 Å². The van der Waals surface area contributed by atoms with Crippen molar-refractivity contribution in [3.8, 4) is 0 Å². The third kappa shape index (κ3) is 2.60. The Bertz CT molecular complexity index is 1370. The van der Waals surface area contributed by atoms with Crippen molar-refractivity contribution in [2.24, 2.45) is 0 Å². The summed E-state index contributed by atoms with van der Waals surface area (Å²) in [5.74, 6) is 0.942. The number of benzene rings is 1. The van der Waals surface area contributed by atoms with E-state index in [1.54, 1.807) is 0 Å². The van der Waals surface area contributed by atoms with Gasteiger partial charge in [-0.25, -0.2) is 9.97 Å². The first-order valence-electron chi connectivity index (χ1n) is 11.0. The van der Waals surface area contributed by atoms with Gasteiger partial charge in [-0.1, -0.05) is 25.0 Å². The highest BCUT2D eigenvalue weighted by atomic mass is 16.3. The van der Waals surface area contributed by atoms with Gasteiger partial charge in [0.2, 0.25) is 5.71 Å². The molecule has 0 aliphatic carbocycles. The quantitative estimate of drug-likeness (QED) is 0.427. The fraction of sp³-hybridized carbons (Fsp3) is 0.200. The molecule has 4 aromatic rings. The van der Waals surface area contributed by atoms with E-state index in [1.807, 2.05) is 31.3 Å². The van der Waals surface area contributed by atoms with Gasteiger partial charge in [0.1, 0.15) is 11.8 Å². The SMILES string of the molecule is CB1c2oc3nc(C)ccc3c2C=C(C)N1N1c2ncccc2N(c2ccccc2)[C@@H]1C. The van der Waals surface area contributed by atoms with Gasteiger partial charge in [-0.3, -0.25) is 5.01 Å². The Morgan fingerprint density at radius 2 is 1.81 bits per heavy atom. The van der Waals surface area contributed by atoms with E-state index in [-0.39, 0.29) is 13.0 Å². The molecular weight excluding hydrogens is 397 g/mol. The number of aromatic nitrogens is 2. The molecule has 1 atom stereocenters. The van der Waals surface area contributed by atoms with Crippen LogP contribution in [0, 0.1) is 6.92 Å². The second kappa shape index (κ2) is 6.89. The standard InChI is InChI=1S/C25H24BN5O/c1-16-12-13-20-21-15-17(2)31(26(4)23(21)32-25(20)28-16)30-18(3)29(19-9-6-5-7-10-19)22-11-8-14-27-24(22)30/h5-15,18H,1-4H3/t18-/m0/s1. The topological polar surface area (TPSA) is 48.6 Å². The summed E-state index contributed by atoms with van der Waals surface area (Å²) in [5.41, 5.74) is 7.11. The number of nitrogens with zero attached hydrogens (tertiary/aromatic N) is 5. The van der Waals surface area contributed by atoms with Crippen molar-refractivity contribution in [3.63, 3.8) is 0 Å². The molecule has 3 aromatic heterocycles. The fourth-order valence-electron chi connectivity index (χ4n) is 5.08. The van der Waals surface area contributed by atoms with Gasteiger partial charge < -0.3 is 14.2 Å². The molecule has 158 valence electrons. The zero-order valence-corrected chi connectivity index (χ0v) is 18.6. The predicted octanol–water partition coefficient (Wildman–Crippen LogP) is 4.96. The van der Waals surface area contributed by atoms with E-state index in [0.717, 1.165) is 45.2 Å². The Hall–Kier alpha value is -3.74. The van der Waals surface area contributed by atoms with Gasteiger partial charge in [-0.15, -0.1) is 0 Å². The third-order valence-electron chi connectivity index (χ3n) is 6.46. The molecule has 2 aliphatic heterocycles. The zero-order chi connectivity index (χ0) is 22.0. The molecular formula is C25H24BN5O. The fourth-order valence-corrected chi connectivity index (χ4v) is 5.08. The first-order chi connectivity index (χ1) is 15.5. The van der Waals surface area contributed by atoms with Crippen LogP contribution in [-0.2, 0) is 0 Å². The largest absolute Gasteiger partial charge is 0.450 e. The maximum atomic E-state index is 6.30. The minimum absolute atomic E-state index is 0.00228. The Morgan fingerprint density at radius 3 is 2.62 bits per heavy atom. The lowest BCUT2D eigenvalue weighted by atomic mass is 9.58. The first kappa shape index (κ1) is 19.0. The maximum Gasteiger partial charge on any atom is 0.353 e. The van der Waals surface area contributed by atoms with Gasteiger partial charge in [0.25, 0.3) is 0 Å². The maximum absolute atomic E-state index is 6.30. The van der Waals surface area contributed by atoms with Crippen LogP contribution >= 0.6 is 0 Å². The summed E-state index contributed by atoms with van der Waals surface area (Å²) in [4.78, 5) is 14.0. The molecule has 2 aliphatic rings. The smallest absolute Gasteiger partial charge is 0.353 e. The number of hydrogen-bond donors (Lipinski definition) is 0. The summed E-state index contributed by atoms with van der Waals surface area (Å²) in [6, 6.07) is 18.8. The number of anilines is 3. The van der Waals surface area contributed by atoms with Gasteiger partial charge in [-0.2, -0.15) is 0 Å². The molecule has 0 saturated heterocycles. The van der Waals surface area contributed by atoms with E-state index < -0.39 is 0 Å². The summed E-state index contributed by atoms with van der Waals surface area (Å²) in [6.45, 7) is 8.54. The van der Waals surface area contributed by atoms with Crippen molar-refractivity contribution < 1.29 is 4.42 Å². The molecule has 1 aromatic carbocycles. The monoisotopic (exact) mass is 421 g/mol. The van der Waals surface area contributed by atoms with Gasteiger partial charge in [0.15, 0.2) is 5.82 Å². The van der Waals surface area contributed by atoms with Gasteiger partial charge >= 0.3 is 6.85 Å². The van der Waals surface area contributed by atoms with Gasteiger partial charge in [0, 0.05) is 34.2 Å². The molecule has 0 N–H and O–H groups in total.